The number of imidazole rings is 1. The molecule has 1 saturated heterocycles. The van der Waals surface area contributed by atoms with Crippen LogP contribution in [-0.4, -0.2) is 44.6 Å². The lowest BCUT2D eigenvalue weighted by Crippen LogP contribution is -2.50. The highest BCUT2D eigenvalue weighted by atomic mass is 35.5. The van der Waals surface area contributed by atoms with Crippen LogP contribution in [-0.2, 0) is 12.0 Å². The first-order valence-electron chi connectivity index (χ1n) is 10.5. The summed E-state index contributed by atoms with van der Waals surface area (Å²) in [7, 11) is 0. The molecule has 1 fully saturated rings. The van der Waals surface area contributed by atoms with E-state index in [-0.39, 0.29) is 5.41 Å². The summed E-state index contributed by atoms with van der Waals surface area (Å²) < 4.78 is 0.536. The first-order chi connectivity index (χ1) is 15.1. The number of piperidine rings is 1. The summed E-state index contributed by atoms with van der Waals surface area (Å²) in [4.78, 5) is 20.1. The average Bonchev–Trinajstić information content (AvgIpc) is 3.48. The monoisotopic (exact) mass is 454 g/mol. The van der Waals surface area contributed by atoms with Gasteiger partial charge in [0, 0.05) is 29.0 Å². The van der Waals surface area contributed by atoms with Crippen molar-refractivity contribution >= 4 is 45.7 Å². The SMILES string of the molecule is Clc1ccc2c(c1)C1(CCNCC1)C[N+]2(Cc1c[nH]cn1)c1ncnc2[nH]cc(Cl)c12. The predicted octanol–water partition coefficient (Wildman–Crippen LogP) is 4.46. The molecule has 1 spiro atoms. The average molecular weight is 455 g/mol. The Labute approximate surface area is 189 Å². The highest BCUT2D eigenvalue weighted by Gasteiger charge is 2.56. The van der Waals surface area contributed by atoms with Crippen LogP contribution in [0.5, 0.6) is 0 Å². The molecule has 0 radical (unpaired) electrons. The van der Waals surface area contributed by atoms with E-state index in [1.165, 1.54) is 11.3 Å². The highest BCUT2D eigenvalue weighted by molar-refractivity contribution is 6.36. The third kappa shape index (κ3) is 2.84. The van der Waals surface area contributed by atoms with Crippen LogP contribution < -0.4 is 9.80 Å². The number of benzene rings is 1. The van der Waals surface area contributed by atoms with Gasteiger partial charge in [-0.2, -0.15) is 4.98 Å². The van der Waals surface area contributed by atoms with Gasteiger partial charge in [0.05, 0.1) is 23.3 Å². The number of quaternary nitrogens is 1. The predicted molar refractivity (Wildman–Crippen MR) is 123 cm³/mol. The topological polar surface area (TPSA) is 82.3 Å². The molecule has 158 valence electrons. The van der Waals surface area contributed by atoms with E-state index in [0.717, 1.165) is 60.0 Å². The van der Waals surface area contributed by atoms with Gasteiger partial charge in [-0.15, -0.1) is 0 Å². The van der Waals surface area contributed by atoms with Crippen LogP contribution in [0.15, 0.2) is 43.2 Å². The molecule has 5 heterocycles. The molecule has 3 aromatic heterocycles. The second-order valence-corrected chi connectivity index (χ2v) is 9.44. The quantitative estimate of drug-likeness (QED) is 0.399. The number of nitrogens with one attached hydrogen (secondary N) is 3. The molecule has 0 amide bonds. The van der Waals surface area contributed by atoms with E-state index in [1.807, 2.05) is 12.3 Å². The first kappa shape index (κ1) is 19.3. The largest absolute Gasteiger partial charge is 0.351 e. The van der Waals surface area contributed by atoms with Gasteiger partial charge in [0.1, 0.15) is 35.3 Å². The maximum atomic E-state index is 6.66. The summed E-state index contributed by atoms with van der Waals surface area (Å²) in [6, 6.07) is 6.30. The Morgan fingerprint density at radius 3 is 2.74 bits per heavy atom. The second kappa shape index (κ2) is 7.03. The molecule has 0 bridgehead atoms. The van der Waals surface area contributed by atoms with Crippen LogP contribution in [0.3, 0.4) is 0 Å². The molecule has 3 N–H and O–H groups in total. The Morgan fingerprint density at radius 1 is 1.06 bits per heavy atom. The van der Waals surface area contributed by atoms with Crippen molar-refractivity contribution in [3.05, 3.63) is 64.6 Å². The third-order valence-corrected chi connectivity index (χ3v) is 7.45. The van der Waals surface area contributed by atoms with Crippen molar-refractivity contribution in [3.63, 3.8) is 0 Å². The summed E-state index contributed by atoms with van der Waals surface area (Å²) in [5.41, 5.74) is 4.27. The summed E-state index contributed by atoms with van der Waals surface area (Å²) in [6.07, 6.45) is 9.20. The molecular weight excluding hydrogens is 433 g/mol. The second-order valence-electron chi connectivity index (χ2n) is 8.59. The molecule has 6 rings (SSSR count). The molecule has 0 saturated carbocycles. The van der Waals surface area contributed by atoms with E-state index < -0.39 is 0 Å². The zero-order valence-electron chi connectivity index (χ0n) is 16.8. The van der Waals surface area contributed by atoms with Crippen molar-refractivity contribution in [3.8, 4) is 0 Å². The maximum Gasteiger partial charge on any atom is 0.247 e. The lowest BCUT2D eigenvalue weighted by Gasteiger charge is -2.37. The van der Waals surface area contributed by atoms with Gasteiger partial charge in [-0.1, -0.05) is 23.2 Å². The van der Waals surface area contributed by atoms with Gasteiger partial charge in [0.2, 0.25) is 5.82 Å². The van der Waals surface area contributed by atoms with Gasteiger partial charge in [0.25, 0.3) is 0 Å². The van der Waals surface area contributed by atoms with Gasteiger partial charge >= 0.3 is 0 Å². The molecule has 1 unspecified atom stereocenters. The molecule has 1 aromatic carbocycles. The summed E-state index contributed by atoms with van der Waals surface area (Å²) in [5.74, 6) is 0.901. The minimum atomic E-state index is 0.0157. The maximum absolute atomic E-state index is 6.66. The minimum Gasteiger partial charge on any atom is -0.351 e. The zero-order chi connectivity index (χ0) is 21.1. The Bertz CT molecular complexity index is 1260. The van der Waals surface area contributed by atoms with Crippen LogP contribution >= 0.6 is 23.2 Å². The first-order valence-corrected chi connectivity index (χ1v) is 11.2. The molecule has 4 aromatic rings. The molecule has 0 aliphatic carbocycles. The fraction of sp³-hybridized carbons (Fsp3) is 0.318. The van der Waals surface area contributed by atoms with Crippen molar-refractivity contribution in [2.75, 3.05) is 19.6 Å². The van der Waals surface area contributed by atoms with E-state index in [9.17, 15) is 0 Å². The summed E-state index contributed by atoms with van der Waals surface area (Å²) in [6.45, 7) is 3.52. The van der Waals surface area contributed by atoms with Crippen molar-refractivity contribution in [2.24, 2.45) is 0 Å². The number of halogens is 2. The van der Waals surface area contributed by atoms with Crippen LogP contribution in [0.4, 0.5) is 11.5 Å². The van der Waals surface area contributed by atoms with Crippen molar-refractivity contribution in [1.82, 2.24) is 34.7 Å². The van der Waals surface area contributed by atoms with Crippen LogP contribution in [0, 0.1) is 0 Å². The Kier molecular flexibility index (Phi) is 4.37. The van der Waals surface area contributed by atoms with Crippen molar-refractivity contribution in [2.45, 2.75) is 24.8 Å². The summed E-state index contributed by atoms with van der Waals surface area (Å²) in [5, 5.41) is 5.79. The molecule has 1 atom stereocenters. The lowest BCUT2D eigenvalue weighted by atomic mass is 9.75. The molecule has 7 nitrogen and oxygen atoms in total. The van der Waals surface area contributed by atoms with Gasteiger partial charge in [-0.05, 0) is 38.1 Å². The Balaban J connectivity index is 1.66. The molecule has 2 aliphatic heterocycles. The van der Waals surface area contributed by atoms with Crippen LogP contribution in [0.25, 0.3) is 11.0 Å². The van der Waals surface area contributed by atoms with E-state index >= 15 is 0 Å². The Hall–Kier alpha value is -2.45. The van der Waals surface area contributed by atoms with Gasteiger partial charge in [0.15, 0.2) is 0 Å². The Morgan fingerprint density at radius 2 is 1.94 bits per heavy atom. The third-order valence-electron chi connectivity index (χ3n) is 6.92. The number of aromatic amines is 2. The molecular formula is C22H22Cl2N7+. The fourth-order valence-corrected chi connectivity index (χ4v) is 6.02. The normalized spacial score (nSPS) is 22.3. The molecule has 2 aliphatic rings. The van der Waals surface area contributed by atoms with E-state index in [0.29, 0.717) is 16.1 Å². The number of hydrogen-bond acceptors (Lipinski definition) is 4. The van der Waals surface area contributed by atoms with Crippen molar-refractivity contribution in [1.29, 1.82) is 0 Å². The van der Waals surface area contributed by atoms with Crippen molar-refractivity contribution < 1.29 is 0 Å². The fourth-order valence-electron chi connectivity index (χ4n) is 5.62. The molecule has 31 heavy (non-hydrogen) atoms. The lowest BCUT2D eigenvalue weighted by molar-refractivity contribution is 0.252. The van der Waals surface area contributed by atoms with Gasteiger partial charge < -0.3 is 15.3 Å². The summed E-state index contributed by atoms with van der Waals surface area (Å²) >= 11 is 13.2. The zero-order valence-corrected chi connectivity index (χ0v) is 18.3. The minimum absolute atomic E-state index is 0.0157. The van der Waals surface area contributed by atoms with Gasteiger partial charge in [-0.3, -0.25) is 0 Å². The van der Waals surface area contributed by atoms with Crippen LogP contribution in [0.2, 0.25) is 10.0 Å². The number of hydrogen-bond donors (Lipinski definition) is 3. The van der Waals surface area contributed by atoms with Gasteiger partial charge in [-0.25, -0.2) is 14.5 Å². The number of rotatable bonds is 3. The smallest absolute Gasteiger partial charge is 0.247 e. The highest BCUT2D eigenvalue weighted by Crippen LogP contribution is 2.56. The number of fused-ring (bicyclic) bond motifs is 3. The molecule has 9 heteroatoms. The van der Waals surface area contributed by atoms with Crippen LogP contribution in [0.1, 0.15) is 24.1 Å². The number of nitrogens with zero attached hydrogens (tertiary/aromatic N) is 4. The van der Waals surface area contributed by atoms with E-state index in [4.69, 9.17) is 28.2 Å². The van der Waals surface area contributed by atoms with E-state index in [2.05, 4.69) is 37.4 Å². The standard InChI is InChI=1S/C22H22Cl2N7/c23-14-1-2-18-16(7-14)22(3-5-25-6-4-22)11-31(18,10-15-8-26-12-28-15)21-19-17(24)9-27-20(19)29-13-30-21/h1-2,7-9,12-13,25H,3-6,10-11H2,(H,26,28)(H,27,29,30)/q+1. The number of H-pyrrole nitrogens is 2. The van der Waals surface area contributed by atoms with E-state index in [1.54, 1.807) is 18.9 Å². The number of aromatic nitrogens is 5.